The van der Waals surface area contributed by atoms with E-state index in [1.54, 1.807) is 0 Å². The Hall–Kier alpha value is -0.620. The van der Waals surface area contributed by atoms with Gasteiger partial charge in [-0.15, -0.1) is 0 Å². The van der Waals surface area contributed by atoms with Gasteiger partial charge < -0.3 is 5.32 Å². The first kappa shape index (κ1) is 15.8. The monoisotopic (exact) mass is 302 g/mol. The molecule has 0 aliphatic heterocycles. The quantitative estimate of drug-likeness (QED) is 0.781. The van der Waals surface area contributed by atoms with Crippen molar-refractivity contribution in [1.82, 2.24) is 10.0 Å². The second-order valence-electron chi connectivity index (χ2n) is 6.04. The van der Waals surface area contributed by atoms with Crippen molar-refractivity contribution in [2.45, 2.75) is 63.8 Å². The summed E-state index contributed by atoms with van der Waals surface area (Å²) in [6.45, 7) is 0.220. The van der Waals surface area contributed by atoms with Crippen LogP contribution in [0.15, 0.2) is 0 Å². The Bertz CT molecular complexity index is 410. The first-order valence-corrected chi connectivity index (χ1v) is 9.50. The number of rotatable bonds is 6. The molecule has 2 rings (SSSR count). The summed E-state index contributed by atoms with van der Waals surface area (Å²) < 4.78 is 26.5. The van der Waals surface area contributed by atoms with Crippen LogP contribution in [0.4, 0.5) is 0 Å². The molecule has 0 unspecified atom stereocenters. The van der Waals surface area contributed by atoms with Gasteiger partial charge in [-0.05, 0) is 25.7 Å². The third kappa shape index (κ3) is 5.05. The van der Waals surface area contributed by atoms with Crippen LogP contribution in [0.2, 0.25) is 0 Å². The third-order valence-electron chi connectivity index (χ3n) is 4.35. The highest BCUT2D eigenvalue weighted by atomic mass is 32.2. The maximum Gasteiger partial charge on any atom is 0.223 e. The van der Waals surface area contributed by atoms with Crippen molar-refractivity contribution in [3.8, 4) is 0 Å². The molecule has 5 nitrogen and oxygen atoms in total. The lowest BCUT2D eigenvalue weighted by atomic mass is 9.89. The average molecular weight is 302 g/mol. The number of carbonyl (C=O) groups is 1. The fraction of sp³-hybridized carbons (Fsp3) is 0.929. The molecule has 0 radical (unpaired) electrons. The molecular weight excluding hydrogens is 276 g/mol. The molecule has 2 aliphatic carbocycles. The van der Waals surface area contributed by atoms with E-state index in [1.807, 2.05) is 0 Å². The molecule has 0 aromatic rings. The Kier molecular flexibility index (Phi) is 5.84. The van der Waals surface area contributed by atoms with Crippen LogP contribution < -0.4 is 10.0 Å². The average Bonchev–Trinajstić information content (AvgIpc) is 2.91. The fourth-order valence-corrected chi connectivity index (χ4v) is 4.41. The number of hydrogen-bond donors (Lipinski definition) is 2. The Morgan fingerprint density at radius 1 is 0.950 bits per heavy atom. The third-order valence-corrected chi connectivity index (χ3v) is 5.78. The molecule has 0 saturated heterocycles. The molecule has 1 amide bonds. The van der Waals surface area contributed by atoms with Crippen LogP contribution >= 0.6 is 0 Å². The van der Waals surface area contributed by atoms with E-state index >= 15 is 0 Å². The van der Waals surface area contributed by atoms with E-state index in [2.05, 4.69) is 10.0 Å². The normalized spacial score (nSPS) is 22.0. The van der Waals surface area contributed by atoms with Gasteiger partial charge in [0, 0.05) is 18.5 Å². The zero-order valence-corrected chi connectivity index (χ0v) is 12.9. The van der Waals surface area contributed by atoms with Gasteiger partial charge in [-0.3, -0.25) is 4.79 Å². The van der Waals surface area contributed by atoms with Crippen LogP contribution in [0.1, 0.15) is 57.8 Å². The molecule has 6 heteroatoms. The van der Waals surface area contributed by atoms with Gasteiger partial charge in [0.25, 0.3) is 0 Å². The van der Waals surface area contributed by atoms with Gasteiger partial charge in [0.05, 0.1) is 5.75 Å². The second-order valence-corrected chi connectivity index (χ2v) is 7.92. The van der Waals surface area contributed by atoms with Gasteiger partial charge in [-0.1, -0.05) is 32.1 Å². The smallest absolute Gasteiger partial charge is 0.223 e. The van der Waals surface area contributed by atoms with E-state index in [0.717, 1.165) is 51.4 Å². The Morgan fingerprint density at radius 3 is 2.20 bits per heavy atom. The highest BCUT2D eigenvalue weighted by Crippen LogP contribution is 2.23. The highest BCUT2D eigenvalue weighted by molar-refractivity contribution is 7.89. The Labute approximate surface area is 121 Å². The van der Waals surface area contributed by atoms with E-state index in [-0.39, 0.29) is 30.2 Å². The van der Waals surface area contributed by atoms with Crippen LogP contribution in [0.3, 0.4) is 0 Å². The van der Waals surface area contributed by atoms with Gasteiger partial charge in [0.2, 0.25) is 15.9 Å². The van der Waals surface area contributed by atoms with E-state index in [4.69, 9.17) is 0 Å². The van der Waals surface area contributed by atoms with E-state index in [0.29, 0.717) is 0 Å². The Morgan fingerprint density at radius 2 is 1.55 bits per heavy atom. The van der Waals surface area contributed by atoms with Crippen molar-refractivity contribution < 1.29 is 13.2 Å². The van der Waals surface area contributed by atoms with Gasteiger partial charge in [-0.2, -0.15) is 0 Å². The van der Waals surface area contributed by atoms with E-state index in [9.17, 15) is 13.2 Å². The van der Waals surface area contributed by atoms with Crippen molar-refractivity contribution in [2.24, 2.45) is 5.92 Å². The van der Waals surface area contributed by atoms with Crippen molar-refractivity contribution in [3.63, 3.8) is 0 Å². The largest absolute Gasteiger partial charge is 0.355 e. The molecule has 20 heavy (non-hydrogen) atoms. The minimum absolute atomic E-state index is 0.0119. The van der Waals surface area contributed by atoms with Crippen molar-refractivity contribution >= 4 is 15.9 Å². The summed E-state index contributed by atoms with van der Waals surface area (Å²) in [5.74, 6) is 0.108. The maximum atomic E-state index is 11.9. The van der Waals surface area contributed by atoms with Crippen LogP contribution in [0.25, 0.3) is 0 Å². The maximum absolute atomic E-state index is 11.9. The van der Waals surface area contributed by atoms with E-state index in [1.165, 1.54) is 6.42 Å². The molecule has 2 N–H and O–H groups in total. The number of hydrogen-bond acceptors (Lipinski definition) is 3. The standard InChI is InChI=1S/C14H26N2O3S/c17-14(12-6-2-1-3-7-12)15-10-11-20(18,19)16-13-8-4-5-9-13/h12-13,16H,1-11H2,(H,15,17). The summed E-state index contributed by atoms with van der Waals surface area (Å²) in [6.07, 6.45) is 9.40. The molecule has 0 aromatic carbocycles. The first-order chi connectivity index (χ1) is 9.57. The highest BCUT2D eigenvalue weighted by Gasteiger charge is 2.23. The Balaban J connectivity index is 1.67. The lowest BCUT2D eigenvalue weighted by molar-refractivity contribution is -0.125. The van der Waals surface area contributed by atoms with Gasteiger partial charge in [-0.25, -0.2) is 13.1 Å². The zero-order valence-electron chi connectivity index (χ0n) is 12.1. The molecule has 0 spiro atoms. The van der Waals surface area contributed by atoms with E-state index < -0.39 is 10.0 Å². The summed E-state index contributed by atoms with van der Waals surface area (Å²) in [5, 5.41) is 2.78. The molecule has 2 aliphatic rings. The SMILES string of the molecule is O=C(NCCS(=O)(=O)NC1CCCC1)C1CCCCC1. The molecule has 0 bridgehead atoms. The van der Waals surface area contributed by atoms with Gasteiger partial charge in [0.15, 0.2) is 0 Å². The lowest BCUT2D eigenvalue weighted by Crippen LogP contribution is -2.40. The molecule has 2 saturated carbocycles. The van der Waals surface area contributed by atoms with Gasteiger partial charge >= 0.3 is 0 Å². The molecule has 116 valence electrons. The topological polar surface area (TPSA) is 75.3 Å². The molecule has 2 fully saturated rings. The lowest BCUT2D eigenvalue weighted by Gasteiger charge is -2.20. The van der Waals surface area contributed by atoms with Gasteiger partial charge in [0.1, 0.15) is 0 Å². The summed E-state index contributed by atoms with van der Waals surface area (Å²) in [4.78, 5) is 11.9. The molecule has 0 atom stereocenters. The predicted octanol–water partition coefficient (Wildman–Crippen LogP) is 1.54. The van der Waals surface area contributed by atoms with Crippen molar-refractivity contribution in [2.75, 3.05) is 12.3 Å². The van der Waals surface area contributed by atoms with Crippen molar-refractivity contribution in [3.05, 3.63) is 0 Å². The minimum Gasteiger partial charge on any atom is -0.355 e. The summed E-state index contributed by atoms with van der Waals surface area (Å²) in [7, 11) is -3.26. The summed E-state index contributed by atoms with van der Waals surface area (Å²) >= 11 is 0. The number of amides is 1. The minimum atomic E-state index is -3.26. The van der Waals surface area contributed by atoms with Crippen LogP contribution in [-0.2, 0) is 14.8 Å². The second kappa shape index (κ2) is 7.41. The molecular formula is C14H26N2O3S. The van der Waals surface area contributed by atoms with Crippen LogP contribution in [0, 0.1) is 5.92 Å². The summed E-state index contributed by atoms with van der Waals surface area (Å²) in [6, 6.07) is 0.106. The van der Waals surface area contributed by atoms with Crippen LogP contribution in [-0.4, -0.2) is 32.7 Å². The number of nitrogens with one attached hydrogen (secondary N) is 2. The number of sulfonamides is 1. The van der Waals surface area contributed by atoms with Crippen molar-refractivity contribution in [1.29, 1.82) is 0 Å². The summed E-state index contributed by atoms with van der Waals surface area (Å²) in [5.41, 5.74) is 0. The number of carbonyl (C=O) groups excluding carboxylic acids is 1. The molecule has 0 aromatic heterocycles. The molecule has 0 heterocycles. The fourth-order valence-electron chi connectivity index (χ4n) is 3.17. The zero-order chi connectivity index (χ0) is 14.4. The first-order valence-electron chi connectivity index (χ1n) is 7.84. The van der Waals surface area contributed by atoms with Crippen LogP contribution in [0.5, 0.6) is 0 Å². The predicted molar refractivity (Wildman–Crippen MR) is 78.8 cm³/mol.